The molecule has 4 heterocycles. The molecule has 11 heteroatoms. The van der Waals surface area contributed by atoms with Gasteiger partial charge in [-0.1, -0.05) is 51.1 Å². The fourth-order valence-electron chi connectivity index (χ4n) is 7.52. The summed E-state index contributed by atoms with van der Waals surface area (Å²) in [7, 11) is 0. The van der Waals surface area contributed by atoms with Crippen molar-refractivity contribution in [1.29, 1.82) is 5.26 Å². The van der Waals surface area contributed by atoms with Crippen LogP contribution in [0, 0.1) is 22.7 Å². The Morgan fingerprint density at radius 1 is 1.02 bits per heavy atom. The average Bonchev–Trinajstić information content (AvgIpc) is 3.50. The number of carbonyl (C=O) groups is 2. The first-order valence-electron chi connectivity index (χ1n) is 16.0. The number of nitriles is 1. The van der Waals surface area contributed by atoms with Crippen LogP contribution in [0.25, 0.3) is 16.7 Å². The number of aliphatic hydroxyl groups is 1. The number of benzene rings is 2. The Morgan fingerprint density at radius 2 is 1.70 bits per heavy atom. The Kier molecular flexibility index (Phi) is 8.40. The molecule has 11 nitrogen and oxygen atoms in total. The van der Waals surface area contributed by atoms with Gasteiger partial charge in [0.25, 0.3) is 5.56 Å². The number of carboxylic acid groups (broad SMARTS) is 1. The minimum atomic E-state index is -1.20. The van der Waals surface area contributed by atoms with Crippen molar-refractivity contribution in [2.45, 2.75) is 64.1 Å². The summed E-state index contributed by atoms with van der Waals surface area (Å²) in [4.78, 5) is 47.9. The zero-order chi connectivity index (χ0) is 33.5. The van der Waals surface area contributed by atoms with Crippen molar-refractivity contribution in [2.75, 3.05) is 19.6 Å². The minimum absolute atomic E-state index is 0.0235. The summed E-state index contributed by atoms with van der Waals surface area (Å²) in [6.07, 6.45) is 3.24. The maximum Gasteiger partial charge on any atom is 0.407 e. The summed E-state index contributed by atoms with van der Waals surface area (Å²) in [6.45, 7) is 7.05. The van der Waals surface area contributed by atoms with Gasteiger partial charge in [-0.25, -0.2) is 9.78 Å². The second-order valence-corrected chi connectivity index (χ2v) is 13.9. The summed E-state index contributed by atoms with van der Waals surface area (Å²) in [5.41, 5.74) is 0.862. The SMILES string of the molecule is CC(C)(C)C1[C@@H](c2ccccc2)[C@H](C(=O)N2CCC(O)(Cn3cnc4c(ccn4-c4ccc(C#N)cc4)c3=O)CC2)CCN1C(=O)O. The highest BCUT2D eigenvalue weighted by molar-refractivity contribution is 5.81. The average molecular weight is 637 g/mol. The Hall–Kier alpha value is -4.95. The lowest BCUT2D eigenvalue weighted by Gasteiger charge is -2.51. The van der Waals surface area contributed by atoms with Crippen LogP contribution in [-0.2, 0) is 11.3 Å². The molecule has 0 spiro atoms. The third-order valence-electron chi connectivity index (χ3n) is 9.84. The van der Waals surface area contributed by atoms with Crippen LogP contribution >= 0.6 is 0 Å². The highest BCUT2D eigenvalue weighted by atomic mass is 16.4. The number of hydrogen-bond acceptors (Lipinski definition) is 6. The molecule has 1 unspecified atom stereocenters. The van der Waals surface area contributed by atoms with E-state index in [0.717, 1.165) is 11.3 Å². The predicted octanol–water partition coefficient (Wildman–Crippen LogP) is 4.61. The van der Waals surface area contributed by atoms with Crippen LogP contribution in [-0.4, -0.2) is 77.4 Å². The van der Waals surface area contributed by atoms with E-state index >= 15 is 0 Å². The Labute approximate surface area is 273 Å². The van der Waals surface area contributed by atoms with Gasteiger partial charge < -0.3 is 24.6 Å². The molecule has 0 saturated carbocycles. The van der Waals surface area contributed by atoms with Gasteiger partial charge in [0, 0.05) is 49.4 Å². The number of piperidine rings is 2. The van der Waals surface area contributed by atoms with E-state index < -0.39 is 29.1 Å². The molecular weight excluding hydrogens is 596 g/mol. The van der Waals surface area contributed by atoms with E-state index in [1.165, 1.54) is 15.8 Å². The van der Waals surface area contributed by atoms with Crippen molar-refractivity contribution in [1.82, 2.24) is 23.9 Å². The molecule has 2 aliphatic rings. The normalized spacial score (nSPS) is 21.4. The molecule has 47 heavy (non-hydrogen) atoms. The monoisotopic (exact) mass is 636 g/mol. The molecule has 4 aromatic rings. The highest BCUT2D eigenvalue weighted by Gasteiger charge is 2.50. The number of carbonyl (C=O) groups excluding carboxylic acids is 1. The zero-order valence-corrected chi connectivity index (χ0v) is 26.9. The lowest BCUT2D eigenvalue weighted by molar-refractivity contribution is -0.144. The molecule has 2 aliphatic heterocycles. The van der Waals surface area contributed by atoms with Crippen molar-refractivity contribution in [3.63, 3.8) is 0 Å². The number of fused-ring (bicyclic) bond motifs is 1. The first-order chi connectivity index (χ1) is 22.4. The zero-order valence-electron chi connectivity index (χ0n) is 26.9. The third kappa shape index (κ3) is 6.13. The van der Waals surface area contributed by atoms with Gasteiger partial charge in [-0.2, -0.15) is 5.26 Å². The van der Waals surface area contributed by atoms with Crippen LogP contribution in [0.1, 0.15) is 57.1 Å². The number of hydrogen-bond donors (Lipinski definition) is 2. The molecule has 2 aromatic carbocycles. The Balaban J connectivity index is 1.19. The highest BCUT2D eigenvalue weighted by Crippen LogP contribution is 2.46. The fourth-order valence-corrected chi connectivity index (χ4v) is 7.52. The van der Waals surface area contributed by atoms with Crippen LogP contribution in [0.3, 0.4) is 0 Å². The van der Waals surface area contributed by atoms with E-state index in [4.69, 9.17) is 5.26 Å². The van der Waals surface area contributed by atoms with Crippen LogP contribution in [0.5, 0.6) is 0 Å². The van der Waals surface area contributed by atoms with Crippen molar-refractivity contribution in [3.8, 4) is 11.8 Å². The van der Waals surface area contributed by atoms with Gasteiger partial charge in [0.15, 0.2) is 5.65 Å². The molecule has 2 amide bonds. The molecular formula is C36H40N6O5. The lowest BCUT2D eigenvalue weighted by Crippen LogP contribution is -2.59. The minimum Gasteiger partial charge on any atom is -0.465 e. The smallest absolute Gasteiger partial charge is 0.407 e. The maximum absolute atomic E-state index is 14.2. The summed E-state index contributed by atoms with van der Waals surface area (Å²) in [6, 6.07) is 20.1. The van der Waals surface area contributed by atoms with E-state index in [-0.39, 0.29) is 30.5 Å². The number of amides is 2. The van der Waals surface area contributed by atoms with Gasteiger partial charge in [-0.15, -0.1) is 0 Å². The first kappa shape index (κ1) is 32.0. The fraction of sp³-hybridized carbons (Fsp3) is 0.417. The molecule has 0 aliphatic carbocycles. The van der Waals surface area contributed by atoms with Crippen molar-refractivity contribution in [2.24, 2.45) is 11.3 Å². The molecule has 2 aromatic heterocycles. The number of rotatable bonds is 5. The summed E-state index contributed by atoms with van der Waals surface area (Å²) in [5.74, 6) is -0.746. The second kappa shape index (κ2) is 12.3. The molecule has 2 saturated heterocycles. The van der Waals surface area contributed by atoms with E-state index in [2.05, 4.69) is 11.1 Å². The van der Waals surface area contributed by atoms with Gasteiger partial charge in [0.2, 0.25) is 5.91 Å². The summed E-state index contributed by atoms with van der Waals surface area (Å²) in [5, 5.41) is 31.2. The molecule has 244 valence electrons. The van der Waals surface area contributed by atoms with Gasteiger partial charge in [0.1, 0.15) is 6.33 Å². The number of likely N-dealkylation sites (tertiary alicyclic amines) is 2. The van der Waals surface area contributed by atoms with Crippen LogP contribution in [0.15, 0.2) is 78.0 Å². The Bertz CT molecular complexity index is 1880. The Morgan fingerprint density at radius 3 is 2.32 bits per heavy atom. The quantitative estimate of drug-likeness (QED) is 0.326. The van der Waals surface area contributed by atoms with Gasteiger partial charge >= 0.3 is 6.09 Å². The van der Waals surface area contributed by atoms with Gasteiger partial charge in [-0.3, -0.25) is 14.2 Å². The van der Waals surface area contributed by atoms with Gasteiger partial charge in [0.05, 0.1) is 29.2 Å². The lowest BCUT2D eigenvalue weighted by atomic mass is 9.66. The van der Waals surface area contributed by atoms with E-state index in [9.17, 15) is 24.6 Å². The van der Waals surface area contributed by atoms with Crippen LogP contribution in [0.4, 0.5) is 4.79 Å². The summed E-state index contributed by atoms with van der Waals surface area (Å²) < 4.78 is 3.22. The van der Waals surface area contributed by atoms with Gasteiger partial charge in [-0.05, 0) is 60.6 Å². The van der Waals surface area contributed by atoms with Crippen molar-refractivity contribution >= 4 is 23.0 Å². The largest absolute Gasteiger partial charge is 0.465 e. The predicted molar refractivity (Wildman–Crippen MR) is 176 cm³/mol. The molecule has 2 fully saturated rings. The number of aromatic nitrogens is 3. The first-order valence-corrected chi connectivity index (χ1v) is 16.0. The number of nitrogens with zero attached hydrogens (tertiary/aromatic N) is 6. The van der Waals surface area contributed by atoms with E-state index in [0.29, 0.717) is 48.9 Å². The van der Waals surface area contributed by atoms with E-state index in [1.54, 1.807) is 46.0 Å². The molecule has 2 N–H and O–H groups in total. The topological polar surface area (TPSA) is 145 Å². The van der Waals surface area contributed by atoms with Crippen LogP contribution < -0.4 is 5.56 Å². The standard InChI is InChI=1S/C36H40N6O5/c1-35(2,3)30-29(25-7-5-4-6-8-25)27(13-18-42(30)34(45)46)32(43)39-19-15-36(47,16-20-39)22-40-23-38-31-28(33(40)44)14-17-41(31)26-11-9-24(21-37)10-12-26/h4-12,14,17,23,27,29-30,47H,13,15-16,18-20,22H2,1-3H3,(H,45,46)/t27-,29+,30?/m1/s1. The van der Waals surface area contributed by atoms with E-state index in [1.807, 2.05) is 51.1 Å². The molecule has 0 radical (unpaired) electrons. The molecule has 3 atom stereocenters. The van der Waals surface area contributed by atoms with Crippen molar-refractivity contribution in [3.05, 3.63) is 94.7 Å². The molecule has 0 bridgehead atoms. The second-order valence-electron chi connectivity index (χ2n) is 13.9. The maximum atomic E-state index is 14.2. The van der Waals surface area contributed by atoms with Crippen molar-refractivity contribution < 1.29 is 19.8 Å². The summed E-state index contributed by atoms with van der Waals surface area (Å²) >= 11 is 0. The molecule has 6 rings (SSSR count). The third-order valence-corrected chi connectivity index (χ3v) is 9.84. The van der Waals surface area contributed by atoms with Crippen LogP contribution in [0.2, 0.25) is 0 Å².